The second-order valence-corrected chi connectivity index (χ2v) is 10.3. The Kier molecular flexibility index (Phi) is 9.76. The summed E-state index contributed by atoms with van der Waals surface area (Å²) >= 11 is 0. The molecule has 0 aliphatic heterocycles. The van der Waals surface area contributed by atoms with E-state index in [1.54, 1.807) is 6.92 Å². The minimum Gasteiger partial charge on any atom is -0.354 e. The van der Waals surface area contributed by atoms with Crippen molar-refractivity contribution in [3.63, 3.8) is 0 Å². The molecule has 0 spiro atoms. The molecule has 0 unspecified atom stereocenters. The highest BCUT2D eigenvalue weighted by atomic mass is 32.2. The van der Waals surface area contributed by atoms with Crippen LogP contribution >= 0.6 is 0 Å². The first-order chi connectivity index (χ1) is 16.4. The lowest BCUT2D eigenvalue weighted by atomic mass is 10.1. The van der Waals surface area contributed by atoms with Gasteiger partial charge in [-0.25, -0.2) is 8.42 Å². The molecule has 35 heavy (non-hydrogen) atoms. The number of carbonyl (C=O) groups excluding carboxylic acids is 2. The Balaban J connectivity index is 2.39. The van der Waals surface area contributed by atoms with Gasteiger partial charge < -0.3 is 10.2 Å². The molecule has 2 aromatic carbocycles. The molecular formula is C24H32N4O6S. The van der Waals surface area contributed by atoms with E-state index in [0.717, 1.165) is 40.6 Å². The van der Waals surface area contributed by atoms with E-state index in [-0.39, 0.29) is 23.8 Å². The molecular weight excluding hydrogens is 472 g/mol. The van der Waals surface area contributed by atoms with Gasteiger partial charge in [-0.2, -0.15) is 0 Å². The number of nitro groups is 1. The number of rotatable bonds is 12. The lowest BCUT2D eigenvalue weighted by Crippen LogP contribution is -2.51. The van der Waals surface area contributed by atoms with Crippen molar-refractivity contribution in [3.05, 3.63) is 69.8 Å². The molecule has 0 aliphatic carbocycles. The van der Waals surface area contributed by atoms with Crippen molar-refractivity contribution >= 4 is 33.2 Å². The van der Waals surface area contributed by atoms with E-state index in [1.807, 2.05) is 38.1 Å². The molecule has 1 atom stereocenters. The number of hydrogen-bond donors (Lipinski definition) is 1. The van der Waals surface area contributed by atoms with Gasteiger partial charge in [0.25, 0.3) is 5.69 Å². The molecule has 0 radical (unpaired) electrons. The largest absolute Gasteiger partial charge is 0.354 e. The summed E-state index contributed by atoms with van der Waals surface area (Å²) in [6.45, 7) is 5.44. The lowest BCUT2D eigenvalue weighted by Gasteiger charge is -2.31. The Morgan fingerprint density at radius 1 is 1.14 bits per heavy atom. The fraction of sp³-hybridized carbons (Fsp3) is 0.417. The predicted octanol–water partition coefficient (Wildman–Crippen LogP) is 3.00. The van der Waals surface area contributed by atoms with Crippen LogP contribution in [0.25, 0.3) is 0 Å². The van der Waals surface area contributed by atoms with E-state index < -0.39 is 33.4 Å². The maximum atomic E-state index is 13.5. The quantitative estimate of drug-likeness (QED) is 0.269. The summed E-state index contributed by atoms with van der Waals surface area (Å²) in [7, 11) is -3.97. The summed E-state index contributed by atoms with van der Waals surface area (Å²) in [5.74, 6) is -0.956. The van der Waals surface area contributed by atoms with Crippen LogP contribution in [0.15, 0.2) is 48.5 Å². The maximum absolute atomic E-state index is 13.5. The lowest BCUT2D eigenvalue weighted by molar-refractivity contribution is -0.384. The molecule has 0 saturated carbocycles. The number of aryl methyl sites for hydroxylation is 1. The van der Waals surface area contributed by atoms with Crippen LogP contribution in [0.4, 0.5) is 11.4 Å². The molecule has 2 rings (SSSR count). The van der Waals surface area contributed by atoms with Crippen molar-refractivity contribution in [1.82, 2.24) is 10.2 Å². The maximum Gasteiger partial charge on any atom is 0.271 e. The van der Waals surface area contributed by atoms with Gasteiger partial charge in [-0.1, -0.05) is 49.2 Å². The van der Waals surface area contributed by atoms with Gasteiger partial charge in [-0.3, -0.25) is 24.0 Å². The Morgan fingerprint density at radius 2 is 1.83 bits per heavy atom. The average molecular weight is 505 g/mol. The topological polar surface area (TPSA) is 130 Å². The normalized spacial score (nSPS) is 12.0. The van der Waals surface area contributed by atoms with Gasteiger partial charge in [0.1, 0.15) is 12.6 Å². The zero-order valence-electron chi connectivity index (χ0n) is 20.4. The summed E-state index contributed by atoms with van der Waals surface area (Å²) in [6, 6.07) is 11.7. The van der Waals surface area contributed by atoms with E-state index in [0.29, 0.717) is 6.54 Å². The molecule has 0 saturated heterocycles. The Labute approximate surface area is 206 Å². The smallest absolute Gasteiger partial charge is 0.271 e. The number of anilines is 1. The summed E-state index contributed by atoms with van der Waals surface area (Å²) in [5, 5.41) is 14.0. The summed E-state index contributed by atoms with van der Waals surface area (Å²) in [6.07, 6.45) is 2.61. The summed E-state index contributed by atoms with van der Waals surface area (Å²) < 4.78 is 25.9. The molecule has 1 N–H and O–H groups in total. The van der Waals surface area contributed by atoms with Crippen molar-refractivity contribution in [2.75, 3.05) is 23.7 Å². The fourth-order valence-electron chi connectivity index (χ4n) is 3.50. The third-order valence-corrected chi connectivity index (χ3v) is 6.58. The van der Waals surface area contributed by atoms with Crippen molar-refractivity contribution in [1.29, 1.82) is 0 Å². The zero-order valence-corrected chi connectivity index (χ0v) is 21.2. The Hall–Kier alpha value is -3.47. The van der Waals surface area contributed by atoms with Crippen molar-refractivity contribution in [2.45, 2.75) is 46.2 Å². The molecule has 11 heteroatoms. The Morgan fingerprint density at radius 3 is 2.43 bits per heavy atom. The van der Waals surface area contributed by atoms with E-state index >= 15 is 0 Å². The molecule has 0 bridgehead atoms. The molecule has 0 aromatic heterocycles. The minimum absolute atomic E-state index is 0.00870. The first-order valence-corrected chi connectivity index (χ1v) is 13.1. The number of amides is 2. The van der Waals surface area contributed by atoms with E-state index in [4.69, 9.17) is 0 Å². The van der Waals surface area contributed by atoms with Gasteiger partial charge in [-0.05, 0) is 31.9 Å². The summed E-state index contributed by atoms with van der Waals surface area (Å²) in [5.41, 5.74) is 1.45. The molecule has 0 heterocycles. The first-order valence-electron chi connectivity index (χ1n) is 11.3. The van der Waals surface area contributed by atoms with Gasteiger partial charge in [0, 0.05) is 25.2 Å². The number of benzene rings is 2. The third-order valence-electron chi connectivity index (χ3n) is 5.44. The second-order valence-electron chi connectivity index (χ2n) is 8.38. The number of non-ortho nitro benzene ring substituents is 1. The number of nitrogens with zero attached hydrogens (tertiary/aromatic N) is 3. The first kappa shape index (κ1) is 27.8. The molecule has 2 amide bonds. The van der Waals surface area contributed by atoms with Gasteiger partial charge in [0.2, 0.25) is 21.8 Å². The highest BCUT2D eigenvalue weighted by Gasteiger charge is 2.30. The van der Waals surface area contributed by atoms with Crippen LogP contribution in [0.3, 0.4) is 0 Å². The predicted molar refractivity (Wildman–Crippen MR) is 134 cm³/mol. The van der Waals surface area contributed by atoms with Gasteiger partial charge in [-0.15, -0.1) is 0 Å². The number of nitro benzene ring substituents is 1. The third kappa shape index (κ3) is 8.06. The van der Waals surface area contributed by atoms with Gasteiger partial charge in [0.05, 0.1) is 16.9 Å². The van der Waals surface area contributed by atoms with Crippen molar-refractivity contribution in [3.8, 4) is 0 Å². The number of sulfonamides is 1. The number of unbranched alkanes of at least 4 members (excludes halogenated alkanes) is 1. The van der Waals surface area contributed by atoms with Crippen LogP contribution in [0, 0.1) is 17.0 Å². The SMILES string of the molecule is CCCCNC(=O)[C@@H](C)N(Cc1cccc(C)c1)C(=O)CN(c1cccc([N+](=O)[O-])c1)S(C)(=O)=O. The fourth-order valence-corrected chi connectivity index (χ4v) is 4.34. The number of nitrogens with one attached hydrogen (secondary N) is 1. The number of hydrogen-bond acceptors (Lipinski definition) is 6. The molecule has 0 aliphatic rings. The minimum atomic E-state index is -3.97. The van der Waals surface area contributed by atoms with E-state index in [9.17, 15) is 28.1 Å². The molecule has 2 aromatic rings. The zero-order chi connectivity index (χ0) is 26.2. The highest BCUT2D eigenvalue weighted by Crippen LogP contribution is 2.24. The monoisotopic (exact) mass is 504 g/mol. The van der Waals surface area contributed by atoms with Crippen LogP contribution in [-0.2, 0) is 26.2 Å². The van der Waals surface area contributed by atoms with Crippen LogP contribution < -0.4 is 9.62 Å². The van der Waals surface area contributed by atoms with Crippen LogP contribution in [0.1, 0.15) is 37.8 Å². The van der Waals surface area contributed by atoms with Crippen LogP contribution in [0.5, 0.6) is 0 Å². The number of carbonyl (C=O) groups is 2. The Bertz CT molecular complexity index is 1170. The van der Waals surface area contributed by atoms with Crippen LogP contribution in [0.2, 0.25) is 0 Å². The average Bonchev–Trinajstić information content (AvgIpc) is 2.79. The summed E-state index contributed by atoms with van der Waals surface area (Å²) in [4.78, 5) is 38.1. The van der Waals surface area contributed by atoms with E-state index in [2.05, 4.69) is 5.32 Å². The van der Waals surface area contributed by atoms with Crippen molar-refractivity contribution < 1.29 is 22.9 Å². The molecule has 10 nitrogen and oxygen atoms in total. The molecule has 190 valence electrons. The molecule has 0 fully saturated rings. The standard InChI is InChI=1S/C24H32N4O6S/c1-5-6-13-25-24(30)19(3)26(16-20-10-7-9-18(2)14-20)23(29)17-27(35(4,33)34)21-11-8-12-22(15-21)28(31)32/h7-12,14-15,19H,5-6,13,16-17H2,1-4H3,(H,25,30)/t19-/m1/s1. The van der Waals surface area contributed by atoms with Crippen LogP contribution in [-0.4, -0.2) is 55.4 Å². The van der Waals surface area contributed by atoms with Crippen molar-refractivity contribution in [2.24, 2.45) is 0 Å². The van der Waals surface area contributed by atoms with Gasteiger partial charge in [0.15, 0.2) is 0 Å². The highest BCUT2D eigenvalue weighted by molar-refractivity contribution is 7.92. The van der Waals surface area contributed by atoms with E-state index in [1.165, 1.54) is 23.1 Å². The second kappa shape index (κ2) is 12.3. The van der Waals surface area contributed by atoms with Gasteiger partial charge >= 0.3 is 0 Å².